The Hall–Kier alpha value is -0.220. The molecule has 2 heterocycles. The van der Waals surface area contributed by atoms with Crippen molar-refractivity contribution in [2.75, 3.05) is 5.75 Å². The summed E-state index contributed by atoms with van der Waals surface area (Å²) in [6.45, 7) is 1.84. The van der Waals surface area contributed by atoms with Gasteiger partial charge in [0.15, 0.2) is 0 Å². The molecule has 3 nitrogen and oxygen atoms in total. The molecule has 1 aromatic heterocycles. The Bertz CT molecular complexity index is 297. The molecule has 0 spiro atoms. The minimum atomic E-state index is -0.190. The van der Waals surface area contributed by atoms with Gasteiger partial charge in [-0.1, -0.05) is 6.42 Å². The predicted molar refractivity (Wildman–Crippen MR) is 57.6 cm³/mol. The van der Waals surface area contributed by atoms with Crippen LogP contribution in [0.25, 0.3) is 0 Å². The highest BCUT2D eigenvalue weighted by Crippen LogP contribution is 2.38. The van der Waals surface area contributed by atoms with E-state index in [1.54, 1.807) is 0 Å². The summed E-state index contributed by atoms with van der Waals surface area (Å²) in [5.74, 6) is 2.48. The number of aromatic nitrogens is 2. The van der Waals surface area contributed by atoms with Crippen LogP contribution in [0.3, 0.4) is 0 Å². The first kappa shape index (κ1) is 10.3. The lowest BCUT2D eigenvalue weighted by molar-refractivity contribution is 0.436. The van der Waals surface area contributed by atoms with Crippen molar-refractivity contribution in [2.24, 2.45) is 0 Å². The minimum Gasteiger partial charge on any atom is -0.422 e. The van der Waals surface area contributed by atoms with Crippen molar-refractivity contribution in [1.82, 2.24) is 10.2 Å². The zero-order valence-electron chi connectivity index (χ0n) is 8.07. The first-order chi connectivity index (χ1) is 6.77. The molecular weight excluding hydrogens is 220 g/mol. The van der Waals surface area contributed by atoms with Gasteiger partial charge < -0.3 is 4.42 Å². The summed E-state index contributed by atoms with van der Waals surface area (Å²) in [6.07, 6.45) is 3.70. The highest BCUT2D eigenvalue weighted by Gasteiger charge is 2.22. The third-order valence-corrected chi connectivity index (χ3v) is 3.80. The van der Waals surface area contributed by atoms with Gasteiger partial charge in [-0.2, -0.15) is 0 Å². The fraction of sp³-hybridized carbons (Fsp3) is 0.778. The minimum absolute atomic E-state index is 0.190. The molecule has 1 saturated heterocycles. The quantitative estimate of drug-likeness (QED) is 0.734. The molecule has 2 atom stereocenters. The summed E-state index contributed by atoms with van der Waals surface area (Å²) in [7, 11) is 0. The Morgan fingerprint density at radius 2 is 2.36 bits per heavy atom. The SMILES string of the molecule is CC(Cl)c1nnc(C2CCCCS2)o1. The number of hydrogen-bond donors (Lipinski definition) is 0. The largest absolute Gasteiger partial charge is 0.422 e. The van der Waals surface area contributed by atoms with Crippen LogP contribution in [-0.2, 0) is 0 Å². The third kappa shape index (κ3) is 2.23. The molecule has 2 rings (SSSR count). The normalized spacial score (nSPS) is 24.9. The first-order valence-corrected chi connectivity index (χ1v) is 6.35. The van der Waals surface area contributed by atoms with E-state index in [1.165, 1.54) is 18.6 Å². The van der Waals surface area contributed by atoms with Gasteiger partial charge in [0, 0.05) is 0 Å². The van der Waals surface area contributed by atoms with Crippen molar-refractivity contribution in [1.29, 1.82) is 0 Å². The van der Waals surface area contributed by atoms with Crippen molar-refractivity contribution in [2.45, 2.75) is 36.8 Å². The Morgan fingerprint density at radius 1 is 1.50 bits per heavy atom. The zero-order chi connectivity index (χ0) is 9.97. The standard InChI is InChI=1S/C9H13ClN2OS/c1-6(10)8-11-12-9(13-8)7-4-2-3-5-14-7/h6-7H,2-5H2,1H3. The highest BCUT2D eigenvalue weighted by molar-refractivity contribution is 7.99. The van der Waals surface area contributed by atoms with E-state index in [0.29, 0.717) is 11.1 Å². The van der Waals surface area contributed by atoms with Gasteiger partial charge in [-0.25, -0.2) is 0 Å². The Balaban J connectivity index is 2.07. The Morgan fingerprint density at radius 3 is 2.93 bits per heavy atom. The summed E-state index contributed by atoms with van der Waals surface area (Å²) in [6, 6.07) is 0. The Kier molecular flexibility index (Phi) is 3.34. The van der Waals surface area contributed by atoms with E-state index in [1.807, 2.05) is 18.7 Å². The smallest absolute Gasteiger partial charge is 0.234 e. The van der Waals surface area contributed by atoms with Gasteiger partial charge in [-0.05, 0) is 25.5 Å². The second-order valence-electron chi connectivity index (χ2n) is 3.45. The summed E-state index contributed by atoms with van der Waals surface area (Å²) in [4.78, 5) is 0. The molecule has 0 bridgehead atoms. The number of thioether (sulfide) groups is 1. The molecule has 0 N–H and O–H groups in total. The fourth-order valence-electron chi connectivity index (χ4n) is 1.47. The van der Waals surface area contributed by atoms with Crippen LogP contribution in [0.15, 0.2) is 4.42 Å². The maximum absolute atomic E-state index is 5.85. The average Bonchev–Trinajstić information content (AvgIpc) is 2.68. The average molecular weight is 233 g/mol. The lowest BCUT2D eigenvalue weighted by Gasteiger charge is -2.17. The van der Waals surface area contributed by atoms with Gasteiger partial charge in [0.25, 0.3) is 0 Å². The molecule has 0 saturated carbocycles. The van der Waals surface area contributed by atoms with E-state index >= 15 is 0 Å². The van der Waals surface area contributed by atoms with Crippen molar-refractivity contribution >= 4 is 23.4 Å². The van der Waals surface area contributed by atoms with Gasteiger partial charge in [0.1, 0.15) is 5.38 Å². The van der Waals surface area contributed by atoms with Crippen LogP contribution in [0.1, 0.15) is 48.6 Å². The van der Waals surface area contributed by atoms with E-state index in [2.05, 4.69) is 10.2 Å². The molecule has 1 aromatic rings. The van der Waals surface area contributed by atoms with Crippen LogP contribution in [0.5, 0.6) is 0 Å². The van der Waals surface area contributed by atoms with Crippen molar-refractivity contribution in [3.63, 3.8) is 0 Å². The molecule has 1 aliphatic rings. The van der Waals surface area contributed by atoms with Crippen LogP contribution in [0.4, 0.5) is 0 Å². The van der Waals surface area contributed by atoms with E-state index < -0.39 is 0 Å². The van der Waals surface area contributed by atoms with Crippen molar-refractivity contribution in [3.05, 3.63) is 11.8 Å². The van der Waals surface area contributed by atoms with E-state index in [9.17, 15) is 0 Å². The van der Waals surface area contributed by atoms with Gasteiger partial charge in [-0.3, -0.25) is 0 Å². The molecule has 78 valence electrons. The molecule has 0 amide bonds. The lowest BCUT2D eigenvalue weighted by atomic mass is 10.2. The van der Waals surface area contributed by atoms with E-state index in [0.717, 1.165) is 12.3 Å². The van der Waals surface area contributed by atoms with Crippen molar-refractivity contribution < 1.29 is 4.42 Å². The molecule has 0 radical (unpaired) electrons. The van der Waals surface area contributed by atoms with Gasteiger partial charge in [-0.15, -0.1) is 33.6 Å². The van der Waals surface area contributed by atoms with Crippen LogP contribution in [0, 0.1) is 0 Å². The molecule has 1 aliphatic heterocycles. The molecule has 14 heavy (non-hydrogen) atoms. The third-order valence-electron chi connectivity index (χ3n) is 2.25. The van der Waals surface area contributed by atoms with Crippen LogP contribution in [-0.4, -0.2) is 16.0 Å². The molecule has 0 aliphatic carbocycles. The number of nitrogens with zero attached hydrogens (tertiary/aromatic N) is 2. The molecular formula is C9H13ClN2OS. The lowest BCUT2D eigenvalue weighted by Crippen LogP contribution is -2.02. The summed E-state index contributed by atoms with van der Waals surface area (Å²) < 4.78 is 5.51. The number of rotatable bonds is 2. The van der Waals surface area contributed by atoms with Gasteiger partial charge in [0.2, 0.25) is 11.8 Å². The second kappa shape index (κ2) is 4.53. The monoisotopic (exact) mass is 232 g/mol. The maximum atomic E-state index is 5.85. The van der Waals surface area contributed by atoms with Crippen LogP contribution in [0.2, 0.25) is 0 Å². The maximum Gasteiger partial charge on any atom is 0.234 e. The highest BCUT2D eigenvalue weighted by atomic mass is 35.5. The fourth-order valence-corrected chi connectivity index (χ4v) is 2.79. The second-order valence-corrected chi connectivity index (χ2v) is 5.42. The number of alkyl halides is 1. The predicted octanol–water partition coefficient (Wildman–Crippen LogP) is 3.33. The van der Waals surface area contributed by atoms with Crippen LogP contribution >= 0.6 is 23.4 Å². The zero-order valence-corrected chi connectivity index (χ0v) is 9.64. The number of halogens is 1. The molecule has 0 aromatic carbocycles. The summed E-state index contributed by atoms with van der Waals surface area (Å²) in [5, 5.41) is 8.17. The molecule has 2 unspecified atom stereocenters. The van der Waals surface area contributed by atoms with Gasteiger partial charge in [0.05, 0.1) is 5.25 Å². The molecule has 1 fully saturated rings. The number of hydrogen-bond acceptors (Lipinski definition) is 4. The van der Waals surface area contributed by atoms with Crippen molar-refractivity contribution in [3.8, 4) is 0 Å². The summed E-state index contributed by atoms with van der Waals surface area (Å²) in [5.41, 5.74) is 0. The van der Waals surface area contributed by atoms with E-state index in [-0.39, 0.29) is 5.38 Å². The first-order valence-electron chi connectivity index (χ1n) is 4.86. The summed E-state index contributed by atoms with van der Waals surface area (Å²) >= 11 is 7.75. The van der Waals surface area contributed by atoms with Gasteiger partial charge >= 0.3 is 0 Å². The van der Waals surface area contributed by atoms with E-state index in [4.69, 9.17) is 16.0 Å². The van der Waals surface area contributed by atoms with Crippen LogP contribution < -0.4 is 0 Å². The Labute approximate surface area is 92.6 Å². The molecule has 5 heteroatoms. The topological polar surface area (TPSA) is 38.9 Å².